The third-order valence-electron chi connectivity index (χ3n) is 5.81. The maximum Gasteiger partial charge on any atom is 0.282 e. The number of aromatic nitrogens is 3. The highest BCUT2D eigenvalue weighted by molar-refractivity contribution is 6.30. The molecule has 0 saturated heterocycles. The maximum absolute atomic E-state index is 13.8. The number of hydrogen-bond acceptors (Lipinski definition) is 5. The summed E-state index contributed by atoms with van der Waals surface area (Å²) in [6, 6.07) is 22.4. The second-order valence-corrected chi connectivity index (χ2v) is 8.12. The van der Waals surface area contributed by atoms with Gasteiger partial charge in [-0.1, -0.05) is 66.2 Å². The van der Waals surface area contributed by atoms with Crippen molar-refractivity contribution < 1.29 is 9.72 Å². The first kappa shape index (κ1) is 20.8. The summed E-state index contributed by atoms with van der Waals surface area (Å²) < 4.78 is 1.70. The first-order valence-electron chi connectivity index (χ1n) is 10.3. The van der Waals surface area contributed by atoms with E-state index in [4.69, 9.17) is 11.6 Å². The summed E-state index contributed by atoms with van der Waals surface area (Å²) in [5.41, 5.74) is 1.62. The van der Waals surface area contributed by atoms with Crippen LogP contribution >= 0.6 is 11.6 Å². The SMILES string of the molecule is O=C(c1ccccc1[N+](=O)[O-])N1c2ncnn2C(c2ccccc2)CC1c1ccc(Cl)cc1. The third-order valence-corrected chi connectivity index (χ3v) is 6.06. The summed E-state index contributed by atoms with van der Waals surface area (Å²) in [5, 5.41) is 16.6. The molecule has 9 heteroatoms. The normalized spacial score (nSPS) is 17.4. The number of hydrogen-bond donors (Lipinski definition) is 0. The lowest BCUT2D eigenvalue weighted by molar-refractivity contribution is -0.385. The number of fused-ring (bicyclic) bond motifs is 1. The van der Waals surface area contributed by atoms with E-state index in [-0.39, 0.29) is 17.3 Å². The molecule has 0 fully saturated rings. The average molecular weight is 460 g/mol. The van der Waals surface area contributed by atoms with Gasteiger partial charge in [-0.2, -0.15) is 10.1 Å². The zero-order valence-corrected chi connectivity index (χ0v) is 18.0. The molecule has 4 aromatic rings. The minimum atomic E-state index is -0.550. The van der Waals surface area contributed by atoms with Crippen molar-refractivity contribution in [3.05, 3.63) is 117 Å². The molecule has 0 N–H and O–H groups in total. The topological polar surface area (TPSA) is 94.2 Å². The molecular weight excluding hydrogens is 442 g/mol. The Bertz CT molecular complexity index is 1320. The lowest BCUT2D eigenvalue weighted by Crippen LogP contribution is -2.42. The fourth-order valence-corrected chi connectivity index (χ4v) is 4.42. The van der Waals surface area contributed by atoms with Gasteiger partial charge in [0.15, 0.2) is 0 Å². The van der Waals surface area contributed by atoms with Crippen molar-refractivity contribution in [2.75, 3.05) is 4.90 Å². The third kappa shape index (κ3) is 3.74. The standard InChI is InChI=1S/C24H18ClN5O3/c25-18-12-10-17(11-13-18)21-14-22(16-6-2-1-3-7-16)29-24(26-15-27-29)28(21)23(31)19-8-4-5-9-20(19)30(32)33/h1-13,15,21-22H,14H2. The van der Waals surface area contributed by atoms with E-state index in [1.54, 1.807) is 22.9 Å². The van der Waals surface area contributed by atoms with Crippen LogP contribution in [0.2, 0.25) is 5.02 Å². The van der Waals surface area contributed by atoms with Crippen LogP contribution in [0.1, 0.15) is 40.0 Å². The molecule has 164 valence electrons. The maximum atomic E-state index is 13.8. The minimum absolute atomic E-state index is 0.00539. The van der Waals surface area contributed by atoms with E-state index >= 15 is 0 Å². The van der Waals surface area contributed by atoms with Crippen molar-refractivity contribution in [1.82, 2.24) is 14.8 Å². The molecule has 33 heavy (non-hydrogen) atoms. The average Bonchev–Trinajstić information content (AvgIpc) is 3.33. The molecule has 0 bridgehead atoms. The van der Waals surface area contributed by atoms with E-state index in [1.165, 1.54) is 29.4 Å². The zero-order valence-electron chi connectivity index (χ0n) is 17.3. The lowest BCUT2D eigenvalue weighted by Gasteiger charge is -2.39. The second kappa shape index (κ2) is 8.48. The molecule has 8 nitrogen and oxygen atoms in total. The van der Waals surface area contributed by atoms with Crippen LogP contribution in [0.4, 0.5) is 11.6 Å². The zero-order chi connectivity index (χ0) is 22.9. The first-order chi connectivity index (χ1) is 16.0. The van der Waals surface area contributed by atoms with Crippen LogP contribution in [0.15, 0.2) is 85.2 Å². The number of nitrogens with zero attached hydrogens (tertiary/aromatic N) is 5. The molecule has 1 aliphatic rings. The van der Waals surface area contributed by atoms with Crippen LogP contribution in [0.3, 0.4) is 0 Å². The molecule has 1 aliphatic heterocycles. The van der Waals surface area contributed by atoms with Crippen LogP contribution in [0.5, 0.6) is 0 Å². The molecule has 0 aliphatic carbocycles. The Hall–Kier alpha value is -4.04. The number of rotatable bonds is 4. The highest BCUT2D eigenvalue weighted by atomic mass is 35.5. The molecule has 1 aromatic heterocycles. The lowest BCUT2D eigenvalue weighted by atomic mass is 9.91. The smallest absolute Gasteiger partial charge is 0.269 e. The van der Waals surface area contributed by atoms with Crippen molar-refractivity contribution in [3.63, 3.8) is 0 Å². The Morgan fingerprint density at radius 3 is 2.33 bits per heavy atom. The van der Waals surface area contributed by atoms with E-state index in [1.807, 2.05) is 42.5 Å². The van der Waals surface area contributed by atoms with E-state index in [0.29, 0.717) is 17.4 Å². The van der Waals surface area contributed by atoms with E-state index in [0.717, 1.165) is 11.1 Å². The molecule has 0 spiro atoms. The van der Waals surface area contributed by atoms with Crippen LogP contribution < -0.4 is 4.90 Å². The van der Waals surface area contributed by atoms with Gasteiger partial charge in [0.1, 0.15) is 11.9 Å². The number of carbonyl (C=O) groups is 1. The fraction of sp³-hybridized carbons (Fsp3) is 0.125. The molecule has 2 heterocycles. The van der Waals surface area contributed by atoms with Gasteiger partial charge in [0.25, 0.3) is 11.6 Å². The van der Waals surface area contributed by atoms with Crippen LogP contribution in [-0.4, -0.2) is 25.6 Å². The second-order valence-electron chi connectivity index (χ2n) is 7.68. The molecule has 0 radical (unpaired) electrons. The number of benzene rings is 3. The Balaban J connectivity index is 1.67. The highest BCUT2D eigenvalue weighted by Crippen LogP contribution is 2.43. The summed E-state index contributed by atoms with van der Waals surface area (Å²) in [6.07, 6.45) is 1.91. The van der Waals surface area contributed by atoms with Crippen LogP contribution in [0, 0.1) is 10.1 Å². The number of carbonyl (C=O) groups excluding carboxylic acids is 1. The van der Waals surface area contributed by atoms with Crippen molar-refractivity contribution in [2.24, 2.45) is 0 Å². The monoisotopic (exact) mass is 459 g/mol. The van der Waals surface area contributed by atoms with Crippen molar-refractivity contribution in [3.8, 4) is 0 Å². The summed E-state index contributed by atoms with van der Waals surface area (Å²) in [5.74, 6) is -0.179. The van der Waals surface area contributed by atoms with E-state index in [9.17, 15) is 14.9 Å². The Morgan fingerprint density at radius 1 is 0.939 bits per heavy atom. The van der Waals surface area contributed by atoms with Gasteiger partial charge < -0.3 is 0 Å². The molecule has 2 unspecified atom stereocenters. The van der Waals surface area contributed by atoms with Crippen molar-refractivity contribution in [1.29, 1.82) is 0 Å². The number of nitro groups is 1. The van der Waals surface area contributed by atoms with Crippen molar-refractivity contribution in [2.45, 2.75) is 18.5 Å². The number of anilines is 1. The van der Waals surface area contributed by atoms with Crippen molar-refractivity contribution >= 4 is 29.1 Å². The van der Waals surface area contributed by atoms with E-state index < -0.39 is 16.9 Å². The van der Waals surface area contributed by atoms with Gasteiger partial charge in [0.2, 0.25) is 5.95 Å². The number of halogens is 1. The summed E-state index contributed by atoms with van der Waals surface area (Å²) >= 11 is 6.11. The Kier molecular flexibility index (Phi) is 5.35. The van der Waals surface area contributed by atoms with Crippen LogP contribution in [0.25, 0.3) is 0 Å². The number of nitro benzene ring substituents is 1. The number of amides is 1. The minimum Gasteiger partial charge on any atom is -0.269 e. The molecule has 5 rings (SSSR count). The first-order valence-corrected chi connectivity index (χ1v) is 10.7. The van der Waals surface area contributed by atoms with Gasteiger partial charge in [0.05, 0.1) is 17.0 Å². The molecule has 0 saturated carbocycles. The summed E-state index contributed by atoms with van der Waals surface area (Å²) in [4.78, 5) is 30.7. The molecular formula is C24H18ClN5O3. The molecule has 3 aromatic carbocycles. The molecule has 1 amide bonds. The summed E-state index contributed by atoms with van der Waals surface area (Å²) in [6.45, 7) is 0. The predicted octanol–water partition coefficient (Wildman–Crippen LogP) is 5.22. The van der Waals surface area contributed by atoms with Gasteiger partial charge >= 0.3 is 0 Å². The fourth-order valence-electron chi connectivity index (χ4n) is 4.29. The largest absolute Gasteiger partial charge is 0.282 e. The van der Waals surface area contributed by atoms with Crippen LogP contribution in [-0.2, 0) is 0 Å². The van der Waals surface area contributed by atoms with Gasteiger partial charge in [0, 0.05) is 11.1 Å². The highest BCUT2D eigenvalue weighted by Gasteiger charge is 2.41. The number of para-hydroxylation sites is 1. The Labute approximate surface area is 194 Å². The predicted molar refractivity (Wildman–Crippen MR) is 123 cm³/mol. The van der Waals surface area contributed by atoms with Gasteiger partial charge in [-0.25, -0.2) is 4.68 Å². The Morgan fingerprint density at radius 2 is 1.61 bits per heavy atom. The van der Waals surface area contributed by atoms with Gasteiger partial charge in [-0.3, -0.25) is 19.8 Å². The quantitative estimate of drug-likeness (QED) is 0.308. The van der Waals surface area contributed by atoms with E-state index in [2.05, 4.69) is 10.1 Å². The van der Waals surface area contributed by atoms with Gasteiger partial charge in [-0.05, 0) is 35.7 Å². The summed E-state index contributed by atoms with van der Waals surface area (Å²) in [7, 11) is 0. The molecule has 2 atom stereocenters. The van der Waals surface area contributed by atoms with Gasteiger partial charge in [-0.15, -0.1) is 0 Å².